The largest absolute Gasteiger partial charge is 0.321 e. The molecule has 3 heteroatoms. The first kappa shape index (κ1) is 16.5. The third-order valence-corrected chi connectivity index (χ3v) is 4.60. The zero-order chi connectivity index (χ0) is 16.8. The van der Waals surface area contributed by atoms with Crippen LogP contribution < -0.4 is 5.32 Å². The van der Waals surface area contributed by atoms with Crippen LogP contribution in [-0.2, 0) is 12.8 Å². The molecule has 0 fully saturated rings. The molecule has 0 bridgehead atoms. The number of aryl methyl sites for hydroxylation is 2. The van der Waals surface area contributed by atoms with E-state index in [0.29, 0.717) is 0 Å². The lowest BCUT2D eigenvalue weighted by Crippen LogP contribution is -2.14. The van der Waals surface area contributed by atoms with Crippen molar-refractivity contribution in [2.24, 2.45) is 0 Å². The van der Waals surface area contributed by atoms with Crippen LogP contribution >= 0.6 is 15.9 Å². The van der Waals surface area contributed by atoms with Crippen molar-refractivity contribution in [3.8, 4) is 0 Å². The zero-order valence-corrected chi connectivity index (χ0v) is 14.8. The lowest BCUT2D eigenvalue weighted by atomic mass is 9.99. The first-order valence-electron chi connectivity index (χ1n) is 7.92. The summed E-state index contributed by atoms with van der Waals surface area (Å²) in [6, 6.07) is 25.7. The number of carbonyl (C=O) groups excluding carboxylic acids is 1. The number of para-hydroxylation sites is 1. The third kappa shape index (κ3) is 4.12. The second-order valence-electron chi connectivity index (χ2n) is 5.58. The van der Waals surface area contributed by atoms with Crippen LogP contribution in [0.2, 0.25) is 0 Å². The molecule has 1 amide bonds. The topological polar surface area (TPSA) is 29.1 Å². The Labute approximate surface area is 150 Å². The number of benzene rings is 3. The number of hydrogen-bond acceptors (Lipinski definition) is 1. The number of hydrogen-bond donors (Lipinski definition) is 1. The van der Waals surface area contributed by atoms with Crippen LogP contribution in [0.4, 0.5) is 5.69 Å². The fourth-order valence-electron chi connectivity index (χ4n) is 2.64. The molecule has 0 spiro atoms. The second kappa shape index (κ2) is 7.93. The van der Waals surface area contributed by atoms with Gasteiger partial charge in [0.05, 0.1) is 5.69 Å². The number of rotatable bonds is 5. The van der Waals surface area contributed by atoms with Crippen LogP contribution in [0.25, 0.3) is 0 Å². The summed E-state index contributed by atoms with van der Waals surface area (Å²) in [5, 5.41) is 2.98. The molecule has 0 saturated carbocycles. The van der Waals surface area contributed by atoms with E-state index in [2.05, 4.69) is 33.4 Å². The maximum absolute atomic E-state index is 12.7. The van der Waals surface area contributed by atoms with Gasteiger partial charge in [-0.1, -0.05) is 60.7 Å². The van der Waals surface area contributed by atoms with Crippen LogP contribution in [0.15, 0.2) is 83.3 Å². The molecule has 120 valence electrons. The van der Waals surface area contributed by atoms with Gasteiger partial charge in [-0.2, -0.15) is 0 Å². The van der Waals surface area contributed by atoms with Gasteiger partial charge in [0.15, 0.2) is 0 Å². The summed E-state index contributed by atoms with van der Waals surface area (Å²) in [7, 11) is 0. The maximum Gasteiger partial charge on any atom is 0.255 e. The average Bonchev–Trinajstić information content (AvgIpc) is 2.63. The van der Waals surface area contributed by atoms with Crippen molar-refractivity contribution in [2.45, 2.75) is 12.8 Å². The molecule has 24 heavy (non-hydrogen) atoms. The molecule has 0 atom stereocenters. The lowest BCUT2D eigenvalue weighted by Gasteiger charge is -2.11. The molecule has 3 rings (SSSR count). The molecule has 0 aliphatic carbocycles. The molecule has 3 aromatic rings. The van der Waals surface area contributed by atoms with Gasteiger partial charge in [0.2, 0.25) is 0 Å². The summed E-state index contributed by atoms with van der Waals surface area (Å²) >= 11 is 3.46. The van der Waals surface area contributed by atoms with E-state index < -0.39 is 0 Å². The van der Waals surface area contributed by atoms with Crippen molar-refractivity contribution in [3.05, 3.63) is 100 Å². The average molecular weight is 380 g/mol. The normalized spacial score (nSPS) is 10.4. The first-order chi connectivity index (χ1) is 11.7. The van der Waals surface area contributed by atoms with Gasteiger partial charge in [0.25, 0.3) is 5.91 Å². The number of nitrogens with one attached hydrogen (secondary N) is 1. The molecule has 0 heterocycles. The van der Waals surface area contributed by atoms with Gasteiger partial charge in [0, 0.05) is 10.0 Å². The predicted molar refractivity (Wildman–Crippen MR) is 102 cm³/mol. The van der Waals surface area contributed by atoms with Crippen LogP contribution in [0, 0.1) is 0 Å². The summed E-state index contributed by atoms with van der Waals surface area (Å²) in [6.07, 6.45) is 1.75. The molecule has 2 nitrogen and oxygen atoms in total. The standard InChI is InChI=1S/C21H18BrNO/c22-19-12-6-7-13-20(19)23-21(24)18-11-5-4-10-17(18)15-14-16-8-2-1-3-9-16/h1-13H,14-15H2,(H,23,24). The van der Waals surface area contributed by atoms with Gasteiger partial charge in [-0.05, 0) is 58.1 Å². The SMILES string of the molecule is O=C(Nc1ccccc1Br)c1ccccc1CCc1ccccc1. The Bertz CT molecular complexity index is 830. The van der Waals surface area contributed by atoms with Crippen LogP contribution in [-0.4, -0.2) is 5.91 Å². The Morgan fingerprint density at radius 3 is 2.25 bits per heavy atom. The third-order valence-electron chi connectivity index (χ3n) is 3.91. The fourth-order valence-corrected chi connectivity index (χ4v) is 3.02. The van der Waals surface area contributed by atoms with E-state index in [1.165, 1.54) is 5.56 Å². The number of anilines is 1. The first-order valence-corrected chi connectivity index (χ1v) is 8.71. The maximum atomic E-state index is 12.7. The highest BCUT2D eigenvalue weighted by atomic mass is 79.9. The Morgan fingerprint density at radius 2 is 1.46 bits per heavy atom. The summed E-state index contributed by atoms with van der Waals surface area (Å²) in [5.74, 6) is -0.0782. The van der Waals surface area contributed by atoms with Crippen molar-refractivity contribution in [1.82, 2.24) is 0 Å². The van der Waals surface area contributed by atoms with Crippen molar-refractivity contribution in [3.63, 3.8) is 0 Å². The Kier molecular flexibility index (Phi) is 5.44. The van der Waals surface area contributed by atoms with Gasteiger partial charge in [-0.25, -0.2) is 0 Å². The fraction of sp³-hybridized carbons (Fsp3) is 0.0952. The Balaban J connectivity index is 1.76. The Morgan fingerprint density at radius 1 is 0.792 bits per heavy atom. The van der Waals surface area contributed by atoms with E-state index in [0.717, 1.165) is 34.1 Å². The van der Waals surface area contributed by atoms with Gasteiger partial charge in [-0.3, -0.25) is 4.79 Å². The minimum atomic E-state index is -0.0782. The van der Waals surface area contributed by atoms with Crippen molar-refractivity contribution >= 4 is 27.5 Å². The number of amides is 1. The molecule has 0 saturated heterocycles. The number of halogens is 1. The minimum absolute atomic E-state index is 0.0782. The molecular formula is C21H18BrNO. The molecule has 0 radical (unpaired) electrons. The van der Waals surface area contributed by atoms with E-state index in [-0.39, 0.29) is 5.91 Å². The Hall–Kier alpha value is -2.39. The van der Waals surface area contributed by atoms with Crippen LogP contribution in [0.3, 0.4) is 0 Å². The monoisotopic (exact) mass is 379 g/mol. The summed E-state index contributed by atoms with van der Waals surface area (Å²) in [5.41, 5.74) is 3.84. The molecule has 3 aromatic carbocycles. The van der Waals surface area contributed by atoms with Crippen molar-refractivity contribution in [2.75, 3.05) is 5.32 Å². The zero-order valence-electron chi connectivity index (χ0n) is 13.2. The molecule has 0 aliphatic heterocycles. The quantitative estimate of drug-likeness (QED) is 0.623. The predicted octanol–water partition coefficient (Wildman–Crippen LogP) is 5.49. The van der Waals surface area contributed by atoms with Crippen molar-refractivity contribution in [1.29, 1.82) is 0 Å². The van der Waals surface area contributed by atoms with Gasteiger partial charge in [-0.15, -0.1) is 0 Å². The summed E-state index contributed by atoms with van der Waals surface area (Å²) in [6.45, 7) is 0. The molecule has 1 N–H and O–H groups in total. The minimum Gasteiger partial charge on any atom is -0.321 e. The summed E-state index contributed by atoms with van der Waals surface area (Å²) < 4.78 is 0.875. The highest BCUT2D eigenvalue weighted by Crippen LogP contribution is 2.22. The van der Waals surface area contributed by atoms with Crippen LogP contribution in [0.5, 0.6) is 0 Å². The van der Waals surface area contributed by atoms with Crippen LogP contribution in [0.1, 0.15) is 21.5 Å². The number of carbonyl (C=O) groups is 1. The van der Waals surface area contributed by atoms with Gasteiger partial charge < -0.3 is 5.32 Å². The van der Waals surface area contributed by atoms with E-state index >= 15 is 0 Å². The van der Waals surface area contributed by atoms with E-state index in [1.54, 1.807) is 0 Å². The second-order valence-corrected chi connectivity index (χ2v) is 6.43. The van der Waals surface area contributed by atoms with E-state index in [1.807, 2.05) is 66.7 Å². The highest BCUT2D eigenvalue weighted by Gasteiger charge is 2.12. The van der Waals surface area contributed by atoms with E-state index in [4.69, 9.17) is 0 Å². The smallest absolute Gasteiger partial charge is 0.255 e. The van der Waals surface area contributed by atoms with Gasteiger partial charge in [0.1, 0.15) is 0 Å². The molecule has 0 aromatic heterocycles. The molecule has 0 aliphatic rings. The lowest BCUT2D eigenvalue weighted by molar-refractivity contribution is 0.102. The van der Waals surface area contributed by atoms with Crippen molar-refractivity contribution < 1.29 is 4.79 Å². The molecular weight excluding hydrogens is 362 g/mol. The van der Waals surface area contributed by atoms with Gasteiger partial charge >= 0.3 is 0 Å². The van der Waals surface area contributed by atoms with E-state index in [9.17, 15) is 4.79 Å². The highest BCUT2D eigenvalue weighted by molar-refractivity contribution is 9.10. The summed E-state index contributed by atoms with van der Waals surface area (Å²) in [4.78, 5) is 12.7. The molecule has 0 unspecified atom stereocenters.